The molecule has 1 fully saturated rings. The quantitative estimate of drug-likeness (QED) is 0.320. The van der Waals surface area contributed by atoms with Crippen molar-refractivity contribution in [3.05, 3.63) is 9.15 Å². The molecule has 4 nitrogen and oxygen atoms in total. The van der Waals surface area contributed by atoms with Gasteiger partial charge in [0, 0.05) is 5.57 Å². The van der Waals surface area contributed by atoms with Gasteiger partial charge in [0.2, 0.25) is 5.78 Å². The second-order valence-corrected chi connectivity index (χ2v) is 12.4. The standard InChI is InChI=1S/C13H19IO4Si/c1-13(2,3)19(4,5)18-10-7(6-15)8(14)9(16)11-12(10)17-11/h6,10-12H,1-5H3/t10-,11-,12+/m1/s1. The molecule has 0 amide bonds. The Morgan fingerprint density at radius 3 is 2.42 bits per heavy atom. The van der Waals surface area contributed by atoms with Crippen LogP contribution in [-0.2, 0) is 18.8 Å². The Kier molecular flexibility index (Phi) is 3.83. The molecule has 1 aliphatic heterocycles. The molecule has 0 aromatic rings. The van der Waals surface area contributed by atoms with Gasteiger partial charge in [0.25, 0.3) is 0 Å². The predicted molar refractivity (Wildman–Crippen MR) is 82.8 cm³/mol. The molecule has 1 aliphatic carbocycles. The fourth-order valence-electron chi connectivity index (χ4n) is 1.88. The van der Waals surface area contributed by atoms with Crippen molar-refractivity contribution in [2.75, 3.05) is 0 Å². The number of ketones is 1. The Morgan fingerprint density at radius 1 is 1.37 bits per heavy atom. The molecule has 19 heavy (non-hydrogen) atoms. The highest BCUT2D eigenvalue weighted by molar-refractivity contribution is 14.1. The van der Waals surface area contributed by atoms with Gasteiger partial charge in [-0.1, -0.05) is 20.8 Å². The third kappa shape index (κ3) is 2.59. The molecule has 1 heterocycles. The third-order valence-electron chi connectivity index (χ3n) is 4.21. The minimum atomic E-state index is -2.00. The monoisotopic (exact) mass is 394 g/mol. The van der Waals surface area contributed by atoms with E-state index in [0.717, 1.165) is 6.29 Å². The first-order valence-electron chi connectivity index (χ1n) is 6.32. The largest absolute Gasteiger partial charge is 0.407 e. The molecule has 0 radical (unpaired) electrons. The van der Waals surface area contributed by atoms with E-state index >= 15 is 0 Å². The molecule has 0 aromatic carbocycles. The highest BCUT2D eigenvalue weighted by Gasteiger charge is 2.58. The summed E-state index contributed by atoms with van der Waals surface area (Å²) < 4.78 is 12.2. The molecule has 6 heteroatoms. The van der Waals surface area contributed by atoms with Gasteiger partial charge in [0.05, 0.1) is 3.58 Å². The maximum absolute atomic E-state index is 11.9. The fourth-order valence-corrected chi connectivity index (χ4v) is 3.87. The van der Waals surface area contributed by atoms with Crippen LogP contribution in [0.25, 0.3) is 0 Å². The second kappa shape index (κ2) is 4.75. The summed E-state index contributed by atoms with van der Waals surface area (Å²) >= 11 is 1.93. The van der Waals surface area contributed by atoms with E-state index < -0.39 is 14.4 Å². The van der Waals surface area contributed by atoms with Crippen LogP contribution in [0.3, 0.4) is 0 Å². The number of aldehydes is 1. The average molecular weight is 394 g/mol. The van der Waals surface area contributed by atoms with Gasteiger partial charge in [-0.3, -0.25) is 9.59 Å². The van der Waals surface area contributed by atoms with Crippen LogP contribution in [0.15, 0.2) is 9.15 Å². The number of epoxide rings is 1. The van der Waals surface area contributed by atoms with Crippen LogP contribution in [-0.4, -0.2) is 38.7 Å². The van der Waals surface area contributed by atoms with Gasteiger partial charge in [0.15, 0.2) is 14.4 Å². The Hall–Kier alpha value is -0.0531. The smallest absolute Gasteiger partial charge is 0.200 e. The minimum absolute atomic E-state index is 0.0538. The molecule has 1 saturated heterocycles. The van der Waals surface area contributed by atoms with E-state index in [1.54, 1.807) is 0 Å². The van der Waals surface area contributed by atoms with Gasteiger partial charge >= 0.3 is 0 Å². The molecule has 2 aliphatic rings. The molecule has 2 rings (SSSR count). The van der Waals surface area contributed by atoms with Crippen molar-refractivity contribution in [2.24, 2.45) is 0 Å². The van der Waals surface area contributed by atoms with Gasteiger partial charge in [-0.2, -0.15) is 0 Å². The van der Waals surface area contributed by atoms with Gasteiger partial charge in [-0.05, 0) is 40.7 Å². The van der Waals surface area contributed by atoms with Crippen molar-refractivity contribution < 1.29 is 18.8 Å². The number of rotatable bonds is 3. The van der Waals surface area contributed by atoms with Crippen LogP contribution < -0.4 is 0 Å². The predicted octanol–water partition coefficient (Wildman–Crippen LogP) is 2.61. The van der Waals surface area contributed by atoms with Crippen LogP contribution in [0, 0.1) is 0 Å². The van der Waals surface area contributed by atoms with E-state index in [1.165, 1.54) is 0 Å². The minimum Gasteiger partial charge on any atom is -0.407 e. The SMILES string of the molecule is CC(C)(C)[Si](C)(C)O[C@@H]1C(C=O)=C(I)C(=O)[C@H]2O[C@H]21. The molecule has 0 N–H and O–H groups in total. The zero-order chi connectivity index (χ0) is 14.6. The van der Waals surface area contributed by atoms with Crippen molar-refractivity contribution in [3.63, 3.8) is 0 Å². The van der Waals surface area contributed by atoms with Crippen LogP contribution in [0.5, 0.6) is 0 Å². The molecule has 0 bridgehead atoms. The summed E-state index contributed by atoms with van der Waals surface area (Å²) in [7, 11) is -2.00. The number of hydrogen-bond donors (Lipinski definition) is 0. The van der Waals surface area contributed by atoms with Crippen molar-refractivity contribution in [2.45, 2.75) is 57.2 Å². The fraction of sp³-hybridized carbons (Fsp3) is 0.692. The number of ether oxygens (including phenoxy) is 1. The summed E-state index contributed by atoms with van der Waals surface area (Å²) in [6.07, 6.45) is -0.297. The molecule has 0 unspecified atom stereocenters. The number of carbonyl (C=O) groups is 2. The maximum atomic E-state index is 11.9. The van der Waals surface area contributed by atoms with Crippen molar-refractivity contribution in [1.82, 2.24) is 0 Å². The molecular weight excluding hydrogens is 375 g/mol. The molecule has 0 aromatic heterocycles. The highest BCUT2D eigenvalue weighted by atomic mass is 127. The van der Waals surface area contributed by atoms with Crippen LogP contribution >= 0.6 is 22.6 Å². The highest BCUT2D eigenvalue weighted by Crippen LogP contribution is 2.45. The maximum Gasteiger partial charge on any atom is 0.200 e. The summed E-state index contributed by atoms with van der Waals surface area (Å²) in [6.45, 7) is 10.7. The average Bonchev–Trinajstić information content (AvgIpc) is 3.04. The lowest BCUT2D eigenvalue weighted by atomic mass is 9.97. The van der Waals surface area contributed by atoms with Crippen molar-refractivity contribution >= 4 is 43.0 Å². The summed E-state index contributed by atoms with van der Waals surface area (Å²) in [5, 5.41) is 0.0538. The zero-order valence-corrected chi connectivity index (χ0v) is 15.0. The number of halogens is 1. The third-order valence-corrected chi connectivity index (χ3v) is 9.82. The van der Waals surface area contributed by atoms with Crippen LogP contribution in [0.2, 0.25) is 18.1 Å². The summed E-state index contributed by atoms with van der Waals surface area (Å²) in [4.78, 5) is 23.1. The molecule has 106 valence electrons. The Morgan fingerprint density at radius 2 is 1.95 bits per heavy atom. The lowest BCUT2D eigenvalue weighted by molar-refractivity contribution is -0.116. The zero-order valence-electron chi connectivity index (χ0n) is 11.8. The summed E-state index contributed by atoms with van der Waals surface area (Å²) in [6, 6.07) is 0. The lowest BCUT2D eigenvalue weighted by Crippen LogP contribution is -2.47. The topological polar surface area (TPSA) is 55.9 Å². The first kappa shape index (κ1) is 15.3. The van der Waals surface area contributed by atoms with E-state index in [9.17, 15) is 9.59 Å². The number of Topliss-reactive ketones (excluding diaryl/α,β-unsaturated/α-hetero) is 1. The molecule has 0 saturated carbocycles. The Labute approximate surface area is 128 Å². The Balaban J connectivity index is 2.30. The second-order valence-electron chi connectivity index (χ2n) is 6.57. The van der Waals surface area contributed by atoms with E-state index in [1.807, 2.05) is 22.6 Å². The van der Waals surface area contributed by atoms with Gasteiger partial charge < -0.3 is 9.16 Å². The van der Waals surface area contributed by atoms with E-state index in [4.69, 9.17) is 9.16 Å². The molecule has 0 spiro atoms. The van der Waals surface area contributed by atoms with Gasteiger partial charge in [0.1, 0.15) is 18.5 Å². The summed E-state index contributed by atoms with van der Waals surface area (Å²) in [5.74, 6) is -0.0808. The van der Waals surface area contributed by atoms with Crippen LogP contribution in [0.1, 0.15) is 20.8 Å². The molecular formula is C13H19IO4Si. The van der Waals surface area contributed by atoms with E-state index in [2.05, 4.69) is 33.9 Å². The normalized spacial score (nSPS) is 31.3. The van der Waals surface area contributed by atoms with Gasteiger partial charge in [-0.15, -0.1) is 0 Å². The van der Waals surface area contributed by atoms with Crippen molar-refractivity contribution in [1.29, 1.82) is 0 Å². The molecule has 3 atom stereocenters. The number of hydrogen-bond acceptors (Lipinski definition) is 4. The Bertz CT molecular complexity index is 464. The van der Waals surface area contributed by atoms with Gasteiger partial charge in [-0.25, -0.2) is 0 Å². The summed E-state index contributed by atoms with van der Waals surface area (Å²) in [5.41, 5.74) is 0.453. The first-order chi connectivity index (χ1) is 8.60. The number of carbonyl (C=O) groups excluding carboxylic acids is 2. The van der Waals surface area contributed by atoms with E-state index in [-0.39, 0.29) is 23.0 Å². The van der Waals surface area contributed by atoms with Crippen molar-refractivity contribution in [3.8, 4) is 0 Å². The van der Waals surface area contributed by atoms with Crippen LogP contribution in [0.4, 0.5) is 0 Å². The lowest BCUT2D eigenvalue weighted by Gasteiger charge is -2.39. The van der Waals surface area contributed by atoms with E-state index in [0.29, 0.717) is 9.15 Å². The first-order valence-corrected chi connectivity index (χ1v) is 10.3. The number of fused-ring (bicyclic) bond motifs is 1.